The smallest absolute Gasteiger partial charge is 0.220 e. The Bertz CT molecular complexity index is 419. The first-order valence-corrected chi connectivity index (χ1v) is 4.82. The second kappa shape index (κ2) is 3.79. The summed E-state index contributed by atoms with van der Waals surface area (Å²) in [5, 5.41) is 4.25. The van der Waals surface area contributed by atoms with E-state index in [0.29, 0.717) is 12.3 Å². The van der Waals surface area contributed by atoms with Crippen LogP contribution in [-0.4, -0.2) is 21.4 Å². The standard InChI is InChI=1S/C7H7N3O2.C2H6/c1-2-11-3-5-6-7(8-4-12-6)9-10(1)5;1-2/h4H,1-3H2;1-2H3. The van der Waals surface area contributed by atoms with Crippen LogP contribution in [0.3, 0.4) is 0 Å². The van der Waals surface area contributed by atoms with Crippen LogP contribution in [0.25, 0.3) is 11.2 Å². The summed E-state index contributed by atoms with van der Waals surface area (Å²) in [5.74, 6) is 0. The van der Waals surface area contributed by atoms with E-state index in [-0.39, 0.29) is 0 Å². The molecular weight excluding hydrogens is 182 g/mol. The van der Waals surface area contributed by atoms with Gasteiger partial charge in [0, 0.05) is 0 Å². The fraction of sp³-hybridized carbons (Fsp3) is 0.556. The molecule has 5 heteroatoms. The first-order chi connectivity index (χ1) is 6.95. The van der Waals surface area contributed by atoms with Crippen molar-refractivity contribution in [2.75, 3.05) is 6.61 Å². The third kappa shape index (κ3) is 1.29. The van der Waals surface area contributed by atoms with Gasteiger partial charge in [0.2, 0.25) is 5.65 Å². The molecule has 0 N–H and O–H groups in total. The molecule has 0 fully saturated rings. The summed E-state index contributed by atoms with van der Waals surface area (Å²) in [6.07, 6.45) is 1.41. The topological polar surface area (TPSA) is 53.1 Å². The molecule has 1 aliphatic rings. The van der Waals surface area contributed by atoms with Crippen molar-refractivity contribution in [2.24, 2.45) is 0 Å². The summed E-state index contributed by atoms with van der Waals surface area (Å²) in [7, 11) is 0. The molecule has 0 spiro atoms. The van der Waals surface area contributed by atoms with Gasteiger partial charge < -0.3 is 9.15 Å². The number of oxazole rings is 1. The molecule has 5 nitrogen and oxygen atoms in total. The van der Waals surface area contributed by atoms with Gasteiger partial charge in [0.05, 0.1) is 19.8 Å². The van der Waals surface area contributed by atoms with Gasteiger partial charge >= 0.3 is 0 Å². The van der Waals surface area contributed by atoms with E-state index >= 15 is 0 Å². The van der Waals surface area contributed by atoms with Gasteiger partial charge in [-0.2, -0.15) is 4.98 Å². The monoisotopic (exact) mass is 195 g/mol. The first kappa shape index (κ1) is 9.21. The molecule has 0 saturated heterocycles. The highest BCUT2D eigenvalue weighted by atomic mass is 16.5. The molecule has 0 aromatic carbocycles. The molecule has 0 unspecified atom stereocenters. The van der Waals surface area contributed by atoms with Crippen LogP contribution in [-0.2, 0) is 17.9 Å². The molecule has 14 heavy (non-hydrogen) atoms. The Hall–Kier alpha value is -1.36. The van der Waals surface area contributed by atoms with Gasteiger partial charge in [-0.25, -0.2) is 0 Å². The lowest BCUT2D eigenvalue weighted by Gasteiger charge is -2.12. The van der Waals surface area contributed by atoms with Crippen molar-refractivity contribution in [1.29, 1.82) is 0 Å². The summed E-state index contributed by atoms with van der Waals surface area (Å²) in [4.78, 5) is 3.97. The second-order valence-corrected chi connectivity index (χ2v) is 2.73. The van der Waals surface area contributed by atoms with Crippen LogP contribution in [0.2, 0.25) is 0 Å². The molecule has 0 saturated carbocycles. The van der Waals surface area contributed by atoms with Gasteiger partial charge in [-0.15, -0.1) is 5.10 Å². The van der Waals surface area contributed by atoms with E-state index in [1.165, 1.54) is 6.39 Å². The quantitative estimate of drug-likeness (QED) is 0.640. The highest BCUT2D eigenvalue weighted by Crippen LogP contribution is 2.19. The SMILES string of the molecule is CC.c1nc2nn3c(c2o1)COCC3. The number of hydrogen-bond donors (Lipinski definition) is 0. The van der Waals surface area contributed by atoms with Gasteiger partial charge in [0.1, 0.15) is 5.69 Å². The van der Waals surface area contributed by atoms with Crippen molar-refractivity contribution in [2.45, 2.75) is 27.0 Å². The van der Waals surface area contributed by atoms with Gasteiger partial charge in [-0.3, -0.25) is 4.68 Å². The Labute approximate surface area is 81.7 Å². The minimum Gasteiger partial charge on any atom is -0.440 e. The molecule has 2 aromatic heterocycles. The molecule has 0 atom stereocenters. The van der Waals surface area contributed by atoms with Crippen LogP contribution in [0.5, 0.6) is 0 Å². The maximum Gasteiger partial charge on any atom is 0.220 e. The normalized spacial score (nSPS) is 14.7. The second-order valence-electron chi connectivity index (χ2n) is 2.73. The van der Waals surface area contributed by atoms with Crippen LogP contribution in [0, 0.1) is 0 Å². The maximum absolute atomic E-state index is 5.28. The molecular formula is C9H13N3O2. The van der Waals surface area contributed by atoms with Crippen LogP contribution in [0.1, 0.15) is 19.5 Å². The van der Waals surface area contributed by atoms with Crippen LogP contribution in [0.4, 0.5) is 0 Å². The average Bonchev–Trinajstić information content (AvgIpc) is 2.80. The summed E-state index contributed by atoms with van der Waals surface area (Å²) in [5.41, 5.74) is 2.43. The Kier molecular flexibility index (Phi) is 2.49. The van der Waals surface area contributed by atoms with E-state index in [9.17, 15) is 0 Å². The Morgan fingerprint density at radius 1 is 1.43 bits per heavy atom. The fourth-order valence-corrected chi connectivity index (χ4v) is 1.45. The van der Waals surface area contributed by atoms with Gasteiger partial charge in [-0.1, -0.05) is 13.8 Å². The summed E-state index contributed by atoms with van der Waals surface area (Å²) >= 11 is 0. The van der Waals surface area contributed by atoms with E-state index in [4.69, 9.17) is 9.15 Å². The van der Waals surface area contributed by atoms with Crippen molar-refractivity contribution in [3.05, 3.63) is 12.1 Å². The largest absolute Gasteiger partial charge is 0.440 e. The lowest BCUT2D eigenvalue weighted by molar-refractivity contribution is 0.0803. The minimum atomic E-state index is 0.575. The number of ether oxygens (including phenoxy) is 1. The van der Waals surface area contributed by atoms with Crippen LogP contribution in [0.15, 0.2) is 10.8 Å². The highest BCUT2D eigenvalue weighted by molar-refractivity contribution is 5.70. The molecule has 2 aromatic rings. The Morgan fingerprint density at radius 2 is 2.29 bits per heavy atom. The van der Waals surface area contributed by atoms with Crippen LogP contribution >= 0.6 is 0 Å². The zero-order chi connectivity index (χ0) is 9.97. The van der Waals surface area contributed by atoms with Crippen molar-refractivity contribution in [1.82, 2.24) is 14.8 Å². The summed E-state index contributed by atoms with van der Waals surface area (Å²) in [6, 6.07) is 0. The Balaban J connectivity index is 0.000000354. The molecule has 3 rings (SSSR count). The predicted octanol–water partition coefficient (Wildman–Crippen LogP) is 1.58. The molecule has 1 aliphatic heterocycles. The predicted molar refractivity (Wildman–Crippen MR) is 50.8 cm³/mol. The zero-order valence-corrected chi connectivity index (χ0v) is 8.36. The fourth-order valence-electron chi connectivity index (χ4n) is 1.45. The highest BCUT2D eigenvalue weighted by Gasteiger charge is 2.18. The first-order valence-electron chi connectivity index (χ1n) is 4.82. The third-order valence-corrected chi connectivity index (χ3v) is 2.02. The molecule has 0 bridgehead atoms. The third-order valence-electron chi connectivity index (χ3n) is 2.02. The number of rotatable bonds is 0. The Morgan fingerprint density at radius 3 is 3.14 bits per heavy atom. The molecule has 0 radical (unpaired) electrons. The summed E-state index contributed by atoms with van der Waals surface area (Å²) < 4.78 is 12.4. The van der Waals surface area contributed by atoms with E-state index < -0.39 is 0 Å². The average molecular weight is 195 g/mol. The van der Waals surface area contributed by atoms with E-state index in [1.54, 1.807) is 0 Å². The zero-order valence-electron chi connectivity index (χ0n) is 8.36. The molecule has 0 amide bonds. The van der Waals surface area contributed by atoms with Crippen LogP contribution < -0.4 is 0 Å². The van der Waals surface area contributed by atoms with E-state index in [0.717, 1.165) is 24.4 Å². The number of fused-ring (bicyclic) bond motifs is 3. The van der Waals surface area contributed by atoms with Crippen molar-refractivity contribution < 1.29 is 9.15 Å². The minimum absolute atomic E-state index is 0.575. The van der Waals surface area contributed by atoms with Crippen molar-refractivity contribution >= 4 is 11.2 Å². The number of aromatic nitrogens is 3. The molecule has 3 heterocycles. The van der Waals surface area contributed by atoms with Gasteiger partial charge in [0.15, 0.2) is 12.0 Å². The lowest BCUT2D eigenvalue weighted by atomic mass is 10.4. The molecule has 76 valence electrons. The maximum atomic E-state index is 5.28. The number of hydrogen-bond acceptors (Lipinski definition) is 4. The van der Waals surface area contributed by atoms with E-state index in [2.05, 4.69) is 10.1 Å². The van der Waals surface area contributed by atoms with E-state index in [1.807, 2.05) is 18.5 Å². The van der Waals surface area contributed by atoms with Gasteiger partial charge in [0.25, 0.3) is 0 Å². The lowest BCUT2D eigenvalue weighted by Crippen LogP contribution is -2.17. The molecule has 0 aliphatic carbocycles. The van der Waals surface area contributed by atoms with Gasteiger partial charge in [-0.05, 0) is 0 Å². The number of nitrogens with zero attached hydrogens (tertiary/aromatic N) is 3. The van der Waals surface area contributed by atoms with Crippen molar-refractivity contribution in [3.63, 3.8) is 0 Å². The van der Waals surface area contributed by atoms with Crippen molar-refractivity contribution in [3.8, 4) is 0 Å². The summed E-state index contributed by atoms with van der Waals surface area (Å²) in [6.45, 7) is 6.09.